The third kappa shape index (κ3) is 8.53. The highest BCUT2D eigenvalue weighted by Gasteiger charge is 2.30. The third-order valence-corrected chi connectivity index (χ3v) is 10.1. The molecule has 0 aliphatic carbocycles. The van der Waals surface area contributed by atoms with Gasteiger partial charge in [0.15, 0.2) is 0 Å². The molecule has 43 heavy (non-hydrogen) atoms. The minimum Gasteiger partial charge on any atom is -0.497 e. The maximum atomic E-state index is 13.1. The van der Waals surface area contributed by atoms with Crippen LogP contribution in [0.3, 0.4) is 0 Å². The Morgan fingerprint density at radius 1 is 1.00 bits per heavy atom. The molecule has 6 N–H and O–H groups in total. The van der Waals surface area contributed by atoms with E-state index in [0.717, 1.165) is 4.88 Å². The number of primary amides is 1. The fourth-order valence-corrected chi connectivity index (χ4v) is 7.25. The number of benzene rings is 2. The first-order chi connectivity index (χ1) is 20.7. The number of sulfonamides is 1. The third-order valence-electron chi connectivity index (χ3n) is 6.68. The van der Waals surface area contributed by atoms with Crippen molar-refractivity contribution < 1.29 is 22.7 Å². The monoisotopic (exact) mass is 622 g/mol. The van der Waals surface area contributed by atoms with Crippen molar-refractivity contribution in [2.75, 3.05) is 31.2 Å². The molecule has 0 radical (unpaired) electrons. The lowest BCUT2D eigenvalue weighted by Crippen LogP contribution is -2.42. The zero-order valence-corrected chi connectivity index (χ0v) is 25.2. The number of carbonyl (C=O) groups is 2. The SMILES string of the molecule is COc1cccc(C(=O)NCc2ccc(S(=O)(=O)N3CCC(Nc4ncccc4N)CC3)s2)c1.NC(=O)c1ccccc1. The molecule has 3 heterocycles. The number of amides is 2. The largest absolute Gasteiger partial charge is 0.497 e. The highest BCUT2D eigenvalue weighted by Crippen LogP contribution is 2.28. The zero-order chi connectivity index (χ0) is 30.8. The van der Waals surface area contributed by atoms with Gasteiger partial charge < -0.3 is 26.8 Å². The lowest BCUT2D eigenvalue weighted by atomic mass is 10.1. The van der Waals surface area contributed by atoms with Crippen molar-refractivity contribution in [2.45, 2.75) is 29.6 Å². The number of hydrogen-bond acceptors (Lipinski definition) is 9. The van der Waals surface area contributed by atoms with Crippen molar-refractivity contribution in [1.29, 1.82) is 0 Å². The number of nitrogens with two attached hydrogens (primary N) is 2. The summed E-state index contributed by atoms with van der Waals surface area (Å²) in [5, 5.41) is 6.14. The van der Waals surface area contributed by atoms with Gasteiger partial charge in [-0.15, -0.1) is 11.3 Å². The molecule has 0 spiro atoms. The molecule has 0 atom stereocenters. The average molecular weight is 623 g/mol. The molecule has 0 unspecified atom stereocenters. The number of thiophene rings is 1. The van der Waals surface area contributed by atoms with Crippen LogP contribution in [-0.2, 0) is 16.6 Å². The number of anilines is 2. The molecule has 1 aliphatic rings. The summed E-state index contributed by atoms with van der Waals surface area (Å²) < 4.78 is 33.2. The highest BCUT2D eigenvalue weighted by atomic mass is 32.2. The van der Waals surface area contributed by atoms with E-state index in [0.29, 0.717) is 54.3 Å². The molecule has 2 aromatic carbocycles. The van der Waals surface area contributed by atoms with Gasteiger partial charge >= 0.3 is 0 Å². The highest BCUT2D eigenvalue weighted by molar-refractivity contribution is 7.91. The van der Waals surface area contributed by atoms with Crippen molar-refractivity contribution in [3.8, 4) is 5.75 Å². The number of methoxy groups -OCH3 is 1. The fraction of sp³-hybridized carbons (Fsp3) is 0.233. The molecule has 226 valence electrons. The number of piperidine rings is 1. The van der Waals surface area contributed by atoms with Crippen molar-refractivity contribution in [2.24, 2.45) is 5.73 Å². The Labute approximate surface area is 254 Å². The number of nitrogen functional groups attached to an aromatic ring is 1. The number of hydrogen-bond donors (Lipinski definition) is 4. The van der Waals surface area contributed by atoms with Crippen LogP contribution in [0.5, 0.6) is 5.75 Å². The Balaban J connectivity index is 0.000000403. The first-order valence-electron chi connectivity index (χ1n) is 13.5. The van der Waals surface area contributed by atoms with Gasteiger partial charge in [-0.1, -0.05) is 24.3 Å². The van der Waals surface area contributed by atoms with Crippen LogP contribution in [-0.4, -0.2) is 55.8 Å². The van der Waals surface area contributed by atoms with Gasteiger partial charge in [-0.3, -0.25) is 9.59 Å². The fourth-order valence-electron chi connectivity index (χ4n) is 4.33. The number of ether oxygens (including phenoxy) is 1. The molecule has 1 aliphatic heterocycles. The van der Waals surface area contributed by atoms with Gasteiger partial charge in [0.2, 0.25) is 5.91 Å². The molecule has 5 rings (SSSR count). The number of nitrogens with one attached hydrogen (secondary N) is 2. The van der Waals surface area contributed by atoms with E-state index in [-0.39, 0.29) is 28.6 Å². The Hall–Kier alpha value is -4.46. The maximum absolute atomic E-state index is 13.1. The minimum absolute atomic E-state index is 0.106. The van der Waals surface area contributed by atoms with Crippen LogP contribution in [0.4, 0.5) is 11.5 Å². The van der Waals surface area contributed by atoms with Gasteiger partial charge in [-0.25, -0.2) is 13.4 Å². The standard InChI is InChI=1S/C23H27N5O4S2.C7H7NO/c1-32-18-5-2-4-16(14-18)23(29)26-15-19-7-8-21(33-19)34(30,31)28-12-9-17(10-13-28)27-22-20(24)6-3-11-25-22;8-7(9)6-4-2-1-3-5-6/h2-8,11,14,17H,9-10,12-13,15,24H2,1H3,(H,25,27)(H,26,29);1-5H,(H2,8,9). The molecule has 1 fully saturated rings. The van der Waals surface area contributed by atoms with Crippen LogP contribution in [0, 0.1) is 0 Å². The van der Waals surface area contributed by atoms with Gasteiger partial charge in [0, 0.05) is 41.3 Å². The molecule has 13 heteroatoms. The Bertz CT molecular complexity index is 1640. The predicted molar refractivity (Wildman–Crippen MR) is 167 cm³/mol. The van der Waals surface area contributed by atoms with E-state index in [2.05, 4.69) is 15.6 Å². The zero-order valence-electron chi connectivity index (χ0n) is 23.6. The average Bonchev–Trinajstić information content (AvgIpc) is 3.52. The smallest absolute Gasteiger partial charge is 0.252 e. The molecular formula is C30H34N6O5S2. The van der Waals surface area contributed by atoms with Gasteiger partial charge in [0.1, 0.15) is 15.8 Å². The van der Waals surface area contributed by atoms with Gasteiger partial charge in [0.25, 0.3) is 15.9 Å². The summed E-state index contributed by atoms with van der Waals surface area (Å²) in [6.45, 7) is 1.06. The van der Waals surface area contributed by atoms with Gasteiger partial charge in [0.05, 0.1) is 19.3 Å². The Morgan fingerprint density at radius 2 is 1.72 bits per heavy atom. The summed E-state index contributed by atoms with van der Waals surface area (Å²) in [7, 11) is -2.05. The molecular weight excluding hydrogens is 589 g/mol. The maximum Gasteiger partial charge on any atom is 0.252 e. The topological polar surface area (TPSA) is 170 Å². The molecule has 1 saturated heterocycles. The first-order valence-corrected chi connectivity index (χ1v) is 15.8. The van der Waals surface area contributed by atoms with Crippen LogP contribution >= 0.6 is 11.3 Å². The Morgan fingerprint density at radius 3 is 2.37 bits per heavy atom. The van der Waals surface area contributed by atoms with Crippen LogP contribution in [0.25, 0.3) is 0 Å². The quantitative estimate of drug-likeness (QED) is 0.219. The summed E-state index contributed by atoms with van der Waals surface area (Å²) in [6, 6.07) is 22.6. The lowest BCUT2D eigenvalue weighted by molar-refractivity contribution is 0.0949. The lowest BCUT2D eigenvalue weighted by Gasteiger charge is -2.31. The van der Waals surface area contributed by atoms with E-state index < -0.39 is 10.0 Å². The van der Waals surface area contributed by atoms with Crippen molar-refractivity contribution in [3.63, 3.8) is 0 Å². The molecule has 2 aromatic heterocycles. The molecule has 4 aromatic rings. The summed E-state index contributed by atoms with van der Waals surface area (Å²) >= 11 is 1.17. The van der Waals surface area contributed by atoms with Crippen molar-refractivity contribution >= 4 is 44.7 Å². The first kappa shape index (κ1) is 31.5. The van der Waals surface area contributed by atoms with Crippen molar-refractivity contribution in [3.05, 3.63) is 101 Å². The van der Waals surface area contributed by atoms with Crippen LogP contribution in [0.2, 0.25) is 0 Å². The number of carbonyl (C=O) groups excluding carboxylic acids is 2. The van der Waals surface area contributed by atoms with E-state index in [9.17, 15) is 18.0 Å². The summed E-state index contributed by atoms with van der Waals surface area (Å²) in [4.78, 5) is 27.8. The summed E-state index contributed by atoms with van der Waals surface area (Å²) in [5.41, 5.74) is 12.5. The number of nitrogens with zero attached hydrogens (tertiary/aromatic N) is 2. The normalized spacial score (nSPS) is 13.8. The molecule has 2 amide bonds. The predicted octanol–water partition coefficient (Wildman–Crippen LogP) is 3.71. The van der Waals surface area contributed by atoms with E-state index in [4.69, 9.17) is 16.2 Å². The van der Waals surface area contributed by atoms with Gasteiger partial charge in [-0.05, 0) is 67.4 Å². The summed E-state index contributed by atoms with van der Waals surface area (Å²) in [6.07, 6.45) is 2.99. The number of rotatable bonds is 9. The van der Waals surface area contributed by atoms with E-state index in [1.54, 1.807) is 86.1 Å². The van der Waals surface area contributed by atoms with Crippen LogP contribution in [0.1, 0.15) is 38.4 Å². The Kier molecular flexibility index (Phi) is 10.7. The number of pyridine rings is 1. The molecule has 0 bridgehead atoms. The van der Waals surface area contributed by atoms with E-state index in [1.165, 1.54) is 15.6 Å². The molecule has 0 saturated carbocycles. The van der Waals surface area contributed by atoms with Crippen molar-refractivity contribution in [1.82, 2.24) is 14.6 Å². The minimum atomic E-state index is -3.59. The second kappa shape index (κ2) is 14.6. The van der Waals surface area contributed by atoms with Gasteiger partial charge in [-0.2, -0.15) is 4.31 Å². The van der Waals surface area contributed by atoms with Crippen LogP contribution < -0.4 is 26.8 Å². The molecule has 11 nitrogen and oxygen atoms in total. The number of aromatic nitrogens is 1. The van der Waals surface area contributed by atoms with E-state index >= 15 is 0 Å². The van der Waals surface area contributed by atoms with Crippen LogP contribution in [0.15, 0.2) is 89.3 Å². The summed E-state index contributed by atoms with van der Waals surface area (Å²) in [5.74, 6) is 0.595. The second-order valence-corrected chi connectivity index (χ2v) is 13.0. The van der Waals surface area contributed by atoms with E-state index in [1.807, 2.05) is 6.07 Å². The second-order valence-electron chi connectivity index (χ2n) is 9.63.